The Hall–Kier alpha value is -1.07. The van der Waals surface area contributed by atoms with Crippen LogP contribution in [0.4, 0.5) is 13.2 Å². The summed E-state index contributed by atoms with van der Waals surface area (Å²) in [6, 6.07) is 1.77. The molecule has 0 saturated heterocycles. The minimum Gasteiger partial charge on any atom is -0.271 e. The number of hydrazine groups is 1. The largest absolute Gasteiger partial charge is 0.271 e. The highest BCUT2D eigenvalue weighted by molar-refractivity contribution is 5.24. The van der Waals surface area contributed by atoms with E-state index in [1.165, 1.54) is 12.5 Å². The van der Waals surface area contributed by atoms with Gasteiger partial charge in [-0.2, -0.15) is 0 Å². The van der Waals surface area contributed by atoms with Gasteiger partial charge in [0.25, 0.3) is 0 Å². The molecule has 0 aromatic heterocycles. The van der Waals surface area contributed by atoms with Crippen molar-refractivity contribution in [1.29, 1.82) is 0 Å². The first-order valence-corrected chi connectivity index (χ1v) is 7.18. The van der Waals surface area contributed by atoms with Crippen LogP contribution in [0.2, 0.25) is 0 Å². The molecule has 0 radical (unpaired) electrons. The number of hydrogen-bond acceptors (Lipinski definition) is 2. The van der Waals surface area contributed by atoms with Gasteiger partial charge in [0, 0.05) is 5.56 Å². The molecule has 5 heteroatoms. The third-order valence-corrected chi connectivity index (χ3v) is 4.45. The second kappa shape index (κ2) is 6.59. The summed E-state index contributed by atoms with van der Waals surface area (Å²) in [4.78, 5) is 0. The normalized spacial score (nSPS) is 24.6. The van der Waals surface area contributed by atoms with E-state index < -0.39 is 23.5 Å². The first kappa shape index (κ1) is 15.3. The Kier molecular flexibility index (Phi) is 5.05. The highest BCUT2D eigenvalue weighted by Crippen LogP contribution is 2.39. The van der Waals surface area contributed by atoms with Crippen LogP contribution in [-0.2, 0) is 0 Å². The van der Waals surface area contributed by atoms with Crippen molar-refractivity contribution in [3.63, 3.8) is 0 Å². The molecule has 0 spiro atoms. The van der Waals surface area contributed by atoms with Crippen LogP contribution >= 0.6 is 0 Å². The quantitative estimate of drug-likeness (QED) is 0.501. The lowest BCUT2D eigenvalue weighted by Crippen LogP contribution is -2.36. The predicted molar refractivity (Wildman–Crippen MR) is 72.1 cm³/mol. The van der Waals surface area contributed by atoms with Gasteiger partial charge in [0.15, 0.2) is 17.5 Å². The molecule has 1 aromatic carbocycles. The van der Waals surface area contributed by atoms with Crippen LogP contribution in [0.5, 0.6) is 0 Å². The maximum Gasteiger partial charge on any atom is 0.194 e. The summed E-state index contributed by atoms with van der Waals surface area (Å²) in [6.07, 6.45) is 5.17. The number of nitrogens with one attached hydrogen (secondary N) is 1. The van der Waals surface area contributed by atoms with Crippen LogP contribution < -0.4 is 11.3 Å². The van der Waals surface area contributed by atoms with E-state index in [1.54, 1.807) is 0 Å². The topological polar surface area (TPSA) is 38.0 Å². The molecule has 20 heavy (non-hydrogen) atoms. The molecule has 2 rings (SSSR count). The summed E-state index contributed by atoms with van der Waals surface area (Å²) < 4.78 is 40.3. The van der Waals surface area contributed by atoms with Gasteiger partial charge in [0.2, 0.25) is 0 Å². The lowest BCUT2D eigenvalue weighted by Gasteiger charge is -2.34. The zero-order chi connectivity index (χ0) is 14.7. The first-order valence-electron chi connectivity index (χ1n) is 7.18. The van der Waals surface area contributed by atoms with Crippen molar-refractivity contribution >= 4 is 0 Å². The summed E-state index contributed by atoms with van der Waals surface area (Å²) >= 11 is 0. The molecular formula is C15H21F3N2. The lowest BCUT2D eigenvalue weighted by molar-refractivity contribution is 0.206. The molecule has 3 N–H and O–H groups in total. The molecule has 0 heterocycles. The van der Waals surface area contributed by atoms with Crippen molar-refractivity contribution in [1.82, 2.24) is 5.43 Å². The Morgan fingerprint density at radius 2 is 2.00 bits per heavy atom. The fourth-order valence-corrected chi connectivity index (χ4v) is 3.27. The average Bonchev–Trinajstić information content (AvgIpc) is 2.48. The van der Waals surface area contributed by atoms with Crippen LogP contribution in [0.3, 0.4) is 0 Å². The highest BCUT2D eigenvalue weighted by Gasteiger charge is 2.31. The standard InChI is InChI=1S/C15H21F3N2/c1-2-9-4-3-5-10(8-9)15(20-19)11-6-7-12(16)14(18)13(11)17/h6-7,9-10,15,20H,2-5,8,19H2,1H3. The van der Waals surface area contributed by atoms with Gasteiger partial charge >= 0.3 is 0 Å². The molecule has 0 amide bonds. The van der Waals surface area contributed by atoms with Crippen LogP contribution in [-0.4, -0.2) is 0 Å². The molecule has 2 nitrogen and oxygen atoms in total. The molecular weight excluding hydrogens is 265 g/mol. The minimum absolute atomic E-state index is 0.119. The Labute approximate surface area is 117 Å². The smallest absolute Gasteiger partial charge is 0.194 e. The number of benzene rings is 1. The van der Waals surface area contributed by atoms with E-state index in [0.717, 1.165) is 31.7 Å². The summed E-state index contributed by atoms with van der Waals surface area (Å²) in [6.45, 7) is 2.13. The van der Waals surface area contributed by atoms with E-state index in [1.807, 2.05) is 0 Å². The Bertz CT molecular complexity index is 465. The maximum absolute atomic E-state index is 13.9. The zero-order valence-electron chi connectivity index (χ0n) is 11.6. The second-order valence-corrected chi connectivity index (χ2v) is 5.61. The van der Waals surface area contributed by atoms with Gasteiger partial charge in [-0.15, -0.1) is 0 Å². The van der Waals surface area contributed by atoms with Crippen molar-refractivity contribution in [3.05, 3.63) is 35.1 Å². The molecule has 3 unspecified atom stereocenters. The SMILES string of the molecule is CCC1CCCC(C(NN)c2ccc(F)c(F)c2F)C1. The van der Waals surface area contributed by atoms with Gasteiger partial charge in [0.05, 0.1) is 6.04 Å². The van der Waals surface area contributed by atoms with Gasteiger partial charge in [-0.1, -0.05) is 32.3 Å². The van der Waals surface area contributed by atoms with E-state index >= 15 is 0 Å². The third kappa shape index (κ3) is 2.99. The van der Waals surface area contributed by atoms with Crippen LogP contribution in [0.15, 0.2) is 12.1 Å². The number of rotatable bonds is 4. The summed E-state index contributed by atoms with van der Waals surface area (Å²) in [5.74, 6) is 2.57. The lowest BCUT2D eigenvalue weighted by atomic mass is 9.75. The zero-order valence-corrected chi connectivity index (χ0v) is 11.6. The number of hydrogen-bond donors (Lipinski definition) is 2. The van der Waals surface area contributed by atoms with Crippen LogP contribution in [0.1, 0.15) is 50.6 Å². The van der Waals surface area contributed by atoms with Gasteiger partial charge in [-0.25, -0.2) is 13.2 Å². The molecule has 3 atom stereocenters. The number of nitrogens with two attached hydrogens (primary N) is 1. The Morgan fingerprint density at radius 1 is 1.25 bits per heavy atom. The van der Waals surface area contributed by atoms with Gasteiger partial charge in [-0.3, -0.25) is 11.3 Å². The maximum atomic E-state index is 13.9. The van der Waals surface area contributed by atoms with E-state index in [4.69, 9.17) is 5.84 Å². The second-order valence-electron chi connectivity index (χ2n) is 5.61. The monoisotopic (exact) mass is 286 g/mol. The molecule has 0 bridgehead atoms. The molecule has 0 aliphatic heterocycles. The van der Waals surface area contributed by atoms with Gasteiger partial charge in [-0.05, 0) is 30.7 Å². The predicted octanol–water partition coefficient (Wildman–Crippen LogP) is 3.82. The van der Waals surface area contributed by atoms with E-state index in [-0.39, 0.29) is 11.5 Å². The van der Waals surface area contributed by atoms with Crippen molar-refractivity contribution < 1.29 is 13.2 Å². The molecule has 1 aliphatic carbocycles. The van der Waals surface area contributed by atoms with E-state index in [9.17, 15) is 13.2 Å². The van der Waals surface area contributed by atoms with Gasteiger partial charge in [0.1, 0.15) is 0 Å². The molecule has 1 aliphatic rings. The van der Waals surface area contributed by atoms with E-state index in [2.05, 4.69) is 12.3 Å². The summed E-state index contributed by atoms with van der Waals surface area (Å²) in [5.41, 5.74) is 2.71. The van der Waals surface area contributed by atoms with Gasteiger partial charge < -0.3 is 0 Å². The minimum atomic E-state index is -1.43. The van der Waals surface area contributed by atoms with Crippen LogP contribution in [0.25, 0.3) is 0 Å². The highest BCUT2D eigenvalue weighted by atomic mass is 19.2. The van der Waals surface area contributed by atoms with Crippen molar-refractivity contribution in [2.75, 3.05) is 0 Å². The third-order valence-electron chi connectivity index (χ3n) is 4.45. The summed E-state index contributed by atoms with van der Waals surface area (Å²) in [7, 11) is 0. The summed E-state index contributed by atoms with van der Waals surface area (Å²) in [5, 5.41) is 0. The Morgan fingerprint density at radius 3 is 2.65 bits per heavy atom. The molecule has 1 aromatic rings. The van der Waals surface area contributed by atoms with E-state index in [0.29, 0.717) is 5.92 Å². The van der Waals surface area contributed by atoms with Crippen molar-refractivity contribution in [2.24, 2.45) is 17.7 Å². The van der Waals surface area contributed by atoms with Crippen LogP contribution in [0, 0.1) is 29.3 Å². The fourth-order valence-electron chi connectivity index (χ4n) is 3.27. The fraction of sp³-hybridized carbons (Fsp3) is 0.600. The Balaban J connectivity index is 2.26. The van der Waals surface area contributed by atoms with Crippen molar-refractivity contribution in [3.8, 4) is 0 Å². The first-order chi connectivity index (χ1) is 9.58. The molecule has 1 fully saturated rings. The average molecular weight is 286 g/mol. The molecule has 1 saturated carbocycles. The number of halogens is 3. The van der Waals surface area contributed by atoms with Crippen molar-refractivity contribution in [2.45, 2.75) is 45.1 Å². The molecule has 112 valence electrons.